The summed E-state index contributed by atoms with van der Waals surface area (Å²) in [5, 5.41) is 27.8. The minimum absolute atomic E-state index is 0.0432. The van der Waals surface area contributed by atoms with Gasteiger partial charge < -0.3 is 29.5 Å². The zero-order valence-corrected chi connectivity index (χ0v) is 67.4. The van der Waals surface area contributed by atoms with E-state index in [0.717, 1.165) is 82.2 Å². The molecule has 0 saturated heterocycles. The van der Waals surface area contributed by atoms with Crippen molar-refractivity contribution in [3.8, 4) is 0 Å². The zero-order valence-electron chi connectivity index (χ0n) is 65.1. The molecule has 0 radical (unpaired) electrons. The first-order chi connectivity index (χ1) is 52.1. The summed E-state index contributed by atoms with van der Waals surface area (Å²) in [6.45, 7) is 21.0. The van der Waals surface area contributed by atoms with Gasteiger partial charge in [-0.05, 0) is 314 Å². The van der Waals surface area contributed by atoms with E-state index in [1.165, 1.54) is 16.7 Å². The van der Waals surface area contributed by atoms with E-state index in [9.17, 15) is 44.1 Å². The van der Waals surface area contributed by atoms with Gasteiger partial charge in [0.25, 0.3) is 0 Å². The lowest BCUT2D eigenvalue weighted by molar-refractivity contribution is 0.00570. The van der Waals surface area contributed by atoms with E-state index in [1.54, 1.807) is 97.1 Å². The number of alkyl halides is 3. The van der Waals surface area contributed by atoms with Crippen LogP contribution in [0.2, 0.25) is 0 Å². The minimum Gasteiger partial charge on any atom is -0.478 e. The molecule has 12 nitrogen and oxygen atoms in total. The molecule has 110 heavy (non-hydrogen) atoms. The summed E-state index contributed by atoms with van der Waals surface area (Å²) in [6, 6.07) is 70.0. The van der Waals surface area contributed by atoms with Crippen LogP contribution >= 0.6 is 34.8 Å². The average Bonchev–Trinajstić information content (AvgIpc) is 0.825. The molecule has 0 aromatic heterocycles. The van der Waals surface area contributed by atoms with Gasteiger partial charge in [0.2, 0.25) is 0 Å². The maximum Gasteiger partial charge on any atom is 0.338 e. The first kappa shape index (κ1) is 84.7. The van der Waals surface area contributed by atoms with E-state index in [-0.39, 0.29) is 46.3 Å². The van der Waals surface area contributed by atoms with Crippen LogP contribution in [0.25, 0.3) is 0 Å². The average molecular weight is 1550 g/mol. The second-order valence-electron chi connectivity index (χ2n) is 32.7. The molecule has 0 saturated carbocycles. The molecule has 0 bridgehead atoms. The monoisotopic (exact) mass is 1540 g/mol. The highest BCUT2D eigenvalue weighted by Crippen LogP contribution is 2.45. The highest BCUT2D eigenvalue weighted by molar-refractivity contribution is 6.21. The van der Waals surface area contributed by atoms with Crippen LogP contribution in [0.1, 0.15) is 302 Å². The van der Waals surface area contributed by atoms with E-state index in [2.05, 4.69) is 86.6 Å². The van der Waals surface area contributed by atoms with Crippen LogP contribution in [-0.2, 0) is 39.9 Å². The van der Waals surface area contributed by atoms with Crippen LogP contribution in [0, 0.1) is 5.92 Å². The molecule has 0 aliphatic carbocycles. The Morgan fingerprint density at radius 2 is 0.482 bits per heavy atom. The first-order valence-corrected chi connectivity index (χ1v) is 39.6. The highest BCUT2D eigenvalue weighted by Gasteiger charge is 2.30. The molecule has 3 N–H and O–H groups in total. The molecular weight excluding hydrogens is 1440 g/mol. The molecule has 9 rings (SSSR count). The molecular formula is C95H105Cl3O12. The molecule has 0 spiro atoms. The third-order valence-electron chi connectivity index (χ3n) is 20.1. The van der Waals surface area contributed by atoms with Gasteiger partial charge in [-0.15, -0.1) is 34.8 Å². The number of carboxylic acids is 3. The molecule has 0 amide bonds. The SMILES string of the molecule is CC(C)Cc1ccc(CCC(CC(CC(CC(Cl)c2ccc(C(=O)O)cc2)c2ccc(C(=O)OC(C)(C)C)cc2)c2ccc(CCC(CC(Cl)c3ccc(C(=O)O)cc3)c3ccc(C(=O)OC(C)(C)C)cc3)cc2)c2ccc(CCC(CC(Cl)c3ccc(C(=O)O)cc3)c3ccc(C(=O)OC(C)(C)C)cc3)cc2)cc1. The van der Waals surface area contributed by atoms with Gasteiger partial charge in [-0.1, -0.05) is 159 Å². The van der Waals surface area contributed by atoms with E-state index in [1.807, 2.05) is 111 Å². The Labute approximate surface area is 664 Å². The standard InChI is InChI=1S/C95H105Cl3O12/c1-60(2)54-64-14-12-61(13-15-64)20-27-79(65-23-16-62(17-24-65)21-28-80(57-84(96)70-36-42-73(43-37-70)87(99)100)66-30-48-76(49-31-66)90(105)108-93(3,4)5)55-82(56-83(59-86(98)72-40-46-75(47-41-72)89(103)104)69-34-52-78(53-35-69)92(107)110-95(9,10)11)68-25-18-63(19-26-68)22-29-81(58-85(97)71-38-44-74(45-39-71)88(101)102)67-32-50-77(51-33-67)91(106)109-94(6,7)8/h12-19,23-26,30-53,60,79-86H,20-22,27-29,54-59H2,1-11H3,(H,99,100)(H,101,102)(H,103,104). The molecule has 578 valence electrons. The second kappa shape index (κ2) is 38.5. The lowest BCUT2D eigenvalue weighted by Gasteiger charge is -2.30. The number of hydrogen-bond donors (Lipinski definition) is 3. The lowest BCUT2D eigenvalue weighted by Crippen LogP contribution is -2.23. The molecule has 9 aromatic carbocycles. The largest absolute Gasteiger partial charge is 0.478 e. The van der Waals surface area contributed by atoms with E-state index in [4.69, 9.17) is 49.0 Å². The second-order valence-corrected chi connectivity index (χ2v) is 34.3. The summed E-state index contributed by atoms with van der Waals surface area (Å²) < 4.78 is 17.3. The third-order valence-corrected chi connectivity index (χ3v) is 21.4. The molecule has 15 heteroatoms. The van der Waals surface area contributed by atoms with E-state index >= 15 is 0 Å². The Hall–Kier alpha value is -9.33. The number of aryl methyl sites for hydroxylation is 3. The van der Waals surface area contributed by atoms with E-state index in [0.29, 0.717) is 67.6 Å². The van der Waals surface area contributed by atoms with Gasteiger partial charge in [0.05, 0.1) is 49.5 Å². The third kappa shape index (κ3) is 25.9. The van der Waals surface area contributed by atoms with Crippen molar-refractivity contribution in [2.24, 2.45) is 5.92 Å². The number of aromatic carboxylic acids is 3. The van der Waals surface area contributed by atoms with E-state index < -0.39 is 68.8 Å². The predicted molar refractivity (Wildman–Crippen MR) is 440 cm³/mol. The lowest BCUT2D eigenvalue weighted by atomic mass is 9.75. The maximum atomic E-state index is 13.6. The summed E-state index contributed by atoms with van der Waals surface area (Å²) >= 11 is 22.1. The van der Waals surface area contributed by atoms with Crippen molar-refractivity contribution in [1.82, 2.24) is 0 Å². The number of carboxylic acid groups (broad SMARTS) is 3. The molecule has 8 unspecified atom stereocenters. The van der Waals surface area contributed by atoms with Gasteiger partial charge in [-0.25, -0.2) is 28.8 Å². The molecule has 0 fully saturated rings. The smallest absolute Gasteiger partial charge is 0.338 e. The normalized spacial score (nSPS) is 14.1. The fraction of sp³-hybridized carbons (Fsp3) is 0.368. The Balaban J connectivity index is 1.08. The number of halogens is 3. The molecule has 0 aliphatic rings. The zero-order chi connectivity index (χ0) is 79.6. The quantitative estimate of drug-likeness (QED) is 0.0194. The van der Waals surface area contributed by atoms with Gasteiger partial charge in [0.1, 0.15) is 16.8 Å². The highest BCUT2D eigenvalue weighted by atomic mass is 35.5. The van der Waals surface area contributed by atoms with Crippen molar-refractivity contribution in [3.63, 3.8) is 0 Å². The van der Waals surface area contributed by atoms with Crippen LogP contribution in [0.15, 0.2) is 218 Å². The van der Waals surface area contributed by atoms with Gasteiger partial charge in [-0.2, -0.15) is 0 Å². The molecule has 0 aliphatic heterocycles. The Morgan fingerprint density at radius 1 is 0.282 bits per heavy atom. The van der Waals surface area contributed by atoms with Crippen molar-refractivity contribution < 1.29 is 58.3 Å². The van der Waals surface area contributed by atoms with Crippen LogP contribution in [0.4, 0.5) is 0 Å². The molecule has 0 heterocycles. The van der Waals surface area contributed by atoms with Crippen molar-refractivity contribution in [1.29, 1.82) is 0 Å². The van der Waals surface area contributed by atoms with Crippen LogP contribution in [-0.4, -0.2) is 67.9 Å². The van der Waals surface area contributed by atoms with Gasteiger partial charge >= 0.3 is 35.8 Å². The number of carbonyl (C=O) groups is 6. The summed E-state index contributed by atoms with van der Waals surface area (Å²) in [5.41, 5.74) is 12.3. The van der Waals surface area contributed by atoms with Crippen LogP contribution < -0.4 is 0 Å². The fourth-order valence-corrected chi connectivity index (χ4v) is 15.4. The Bertz CT molecular complexity index is 4500. The fourth-order valence-electron chi connectivity index (χ4n) is 14.3. The topological polar surface area (TPSA) is 191 Å². The Morgan fingerprint density at radius 3 is 0.745 bits per heavy atom. The minimum atomic E-state index is -1.03. The number of carbonyl (C=O) groups excluding carboxylic acids is 3. The van der Waals surface area contributed by atoms with Gasteiger partial charge in [-0.3, -0.25) is 0 Å². The number of benzene rings is 9. The van der Waals surface area contributed by atoms with Gasteiger partial charge in [0, 0.05) is 0 Å². The summed E-state index contributed by atoms with van der Waals surface area (Å²) in [6.07, 6.45) is 8.43. The molecule has 8 atom stereocenters. The van der Waals surface area contributed by atoms with Crippen molar-refractivity contribution in [2.45, 2.75) is 216 Å². The number of esters is 3. The van der Waals surface area contributed by atoms with Crippen LogP contribution in [0.3, 0.4) is 0 Å². The van der Waals surface area contributed by atoms with Crippen molar-refractivity contribution >= 4 is 70.6 Å². The van der Waals surface area contributed by atoms with Crippen molar-refractivity contribution in [3.05, 3.63) is 319 Å². The summed E-state index contributed by atoms with van der Waals surface area (Å²) in [5.74, 6) is -4.10. The number of ether oxygens (including phenoxy) is 3. The van der Waals surface area contributed by atoms with Gasteiger partial charge in [0.15, 0.2) is 0 Å². The first-order valence-electron chi connectivity index (χ1n) is 38.3. The predicted octanol–water partition coefficient (Wildman–Crippen LogP) is 24.5. The number of hydrogen-bond acceptors (Lipinski definition) is 9. The summed E-state index contributed by atoms with van der Waals surface area (Å²) in [7, 11) is 0. The van der Waals surface area contributed by atoms with Crippen LogP contribution in [0.5, 0.6) is 0 Å². The van der Waals surface area contributed by atoms with Crippen molar-refractivity contribution in [2.75, 3.05) is 0 Å². The Kier molecular flexibility index (Phi) is 29.7. The summed E-state index contributed by atoms with van der Waals surface area (Å²) in [4.78, 5) is 75.7. The maximum absolute atomic E-state index is 13.6. The number of rotatable bonds is 35. The molecule has 9 aromatic rings.